The summed E-state index contributed by atoms with van der Waals surface area (Å²) in [6.45, 7) is 32.6. The maximum absolute atomic E-state index is 13.2. The zero-order chi connectivity index (χ0) is 90.6. The van der Waals surface area contributed by atoms with Gasteiger partial charge in [-0.25, -0.2) is 47.9 Å². The van der Waals surface area contributed by atoms with Gasteiger partial charge in [-0.05, 0) is 270 Å². The van der Waals surface area contributed by atoms with Crippen LogP contribution in [0.25, 0.3) is 85.4 Å². The number of hydrogen-bond donors (Lipinski definition) is 4. The quantitative estimate of drug-likeness (QED) is 0.0619. The zero-order valence-corrected chi connectivity index (χ0v) is 78.2. The van der Waals surface area contributed by atoms with Gasteiger partial charge in [-0.1, -0.05) is 94.3 Å². The molecular formula is C98H106BrF5N4O13S4. The van der Waals surface area contributed by atoms with Crippen LogP contribution in [0.15, 0.2) is 102 Å². The second-order valence-corrected chi connectivity index (χ2v) is 41.5. The van der Waals surface area contributed by atoms with Crippen LogP contribution >= 0.6 is 61.3 Å². The molecule has 4 aliphatic rings. The Balaban J connectivity index is 0.000000143. The Morgan fingerprint density at radius 3 is 0.928 bits per heavy atom. The second-order valence-electron chi connectivity index (χ2n) is 36.3. The van der Waals surface area contributed by atoms with Crippen molar-refractivity contribution in [1.29, 1.82) is 0 Å². The summed E-state index contributed by atoms with van der Waals surface area (Å²) in [6.07, 6.45) is 1.43. The summed E-state index contributed by atoms with van der Waals surface area (Å²) in [5.74, 6) is -4.25. The highest BCUT2D eigenvalue weighted by molar-refractivity contribution is 9.10. The minimum atomic E-state index is -4.45. The fraction of sp³-hybridized carbons (Fsp3) is 0.429. The molecule has 0 spiro atoms. The number of aryl methyl sites for hydroxylation is 11. The summed E-state index contributed by atoms with van der Waals surface area (Å²) in [5.41, 5.74) is 13.7. The van der Waals surface area contributed by atoms with Crippen molar-refractivity contribution in [2.75, 3.05) is 6.61 Å². The van der Waals surface area contributed by atoms with E-state index in [9.17, 15) is 61.6 Å². The van der Waals surface area contributed by atoms with Gasteiger partial charge in [0.1, 0.15) is 19.3 Å². The van der Waals surface area contributed by atoms with E-state index in [2.05, 4.69) is 40.2 Å². The van der Waals surface area contributed by atoms with Gasteiger partial charge in [-0.2, -0.15) is 13.2 Å². The maximum Gasteiger partial charge on any atom is 0.416 e. The molecule has 4 unspecified atom stereocenters. The Labute approximate surface area is 749 Å². The summed E-state index contributed by atoms with van der Waals surface area (Å²) < 4.78 is 96.7. The third-order valence-electron chi connectivity index (χ3n) is 22.2. The monoisotopic (exact) mass is 1850 g/mol. The predicted octanol–water partition coefficient (Wildman–Crippen LogP) is 26.6. The number of pyridine rings is 4. The number of carboxylic acid groups (broad SMARTS) is 4. The number of alkyl halides is 5. The Hall–Kier alpha value is -8.87. The van der Waals surface area contributed by atoms with Gasteiger partial charge in [0.05, 0.1) is 41.2 Å². The fourth-order valence-electron chi connectivity index (χ4n) is 17.1. The molecule has 17 nitrogen and oxygen atoms in total. The molecular weight excluding hydrogens is 1740 g/mol. The van der Waals surface area contributed by atoms with Crippen LogP contribution in [0.2, 0.25) is 0 Å². The lowest BCUT2D eigenvalue weighted by molar-refractivity contribution is -0.161. The Morgan fingerprint density at radius 2 is 0.648 bits per heavy atom. The van der Waals surface area contributed by atoms with Gasteiger partial charge < -0.3 is 44.1 Å². The van der Waals surface area contributed by atoms with Crippen LogP contribution in [0.1, 0.15) is 256 Å². The molecule has 0 saturated heterocycles. The first kappa shape index (κ1) is 93.8. The van der Waals surface area contributed by atoms with Crippen molar-refractivity contribution in [3.8, 4) is 44.5 Å². The SMILES string of the molecule is Cc1ccc(-c2c(C(OC(C)(C)C)C(=O)O)c(C)nc3sc4c(c23)CCOC4)cc1.Cc1nc2sc3c(c2c(-c2ccc(Br)cc2)c1C(OC(C)(C)C)C(=O)O)CCCC3.Cc1nc2sc3c(c2c(-c2ccc(C(F)(F)F)cc2)c1C(OC(C)(C)C)C(=O)O)CCCC3.Cc1nc2sc3c(c2c(-c2ccc(C(F)F)cc2)c1C(OC(C)(C)C)C(=O)O)CCCC3. The molecule has 16 rings (SSSR count). The van der Waals surface area contributed by atoms with Gasteiger partial charge in [0.2, 0.25) is 0 Å². The van der Waals surface area contributed by atoms with Crippen molar-refractivity contribution in [3.63, 3.8) is 0 Å². The predicted molar refractivity (Wildman–Crippen MR) is 490 cm³/mol. The molecule has 27 heteroatoms. The van der Waals surface area contributed by atoms with E-state index < -0.39 is 88.9 Å². The molecule has 125 heavy (non-hydrogen) atoms. The van der Waals surface area contributed by atoms with Gasteiger partial charge >= 0.3 is 30.1 Å². The van der Waals surface area contributed by atoms with Crippen molar-refractivity contribution in [2.24, 2.45) is 0 Å². The van der Waals surface area contributed by atoms with E-state index in [4.69, 9.17) is 43.6 Å². The third-order valence-corrected chi connectivity index (χ3v) is 27.4. The van der Waals surface area contributed by atoms with Crippen molar-refractivity contribution in [3.05, 3.63) is 205 Å². The fourth-order valence-corrected chi connectivity index (χ4v) is 22.5. The molecule has 0 amide bonds. The molecule has 0 fully saturated rings. The molecule has 4 N–H and O–H groups in total. The largest absolute Gasteiger partial charge is 0.479 e. The number of carboxylic acids is 4. The highest BCUT2D eigenvalue weighted by atomic mass is 79.9. The van der Waals surface area contributed by atoms with Crippen molar-refractivity contribution in [2.45, 2.75) is 267 Å². The van der Waals surface area contributed by atoms with E-state index in [0.29, 0.717) is 69.2 Å². The number of ether oxygens (including phenoxy) is 5. The standard InChI is InChI=1S/C25H26F3NO3S.C25H27F2NO3S.C24H26BrNO3S.C24H27NO4S/c1-13-18(21(23(30)31)32-24(2,3)4)19(14-9-11-15(12-10-14)25(26,27)28)20-16-7-5-6-8-17(16)33-22(20)29-13;1-13-18(21(24(29)30)31-25(2,3)4)19(14-9-11-15(12-10-14)22(26)27)20-16-7-5-6-8-17(16)32-23(20)28-13;1-13-18(21(23(27)28)29-24(2,3)4)19(14-9-11-15(25)12-10-14)20-16-7-5-6-8-17(16)30-22(20)26-13;1-13-6-8-15(9-7-13)19-18(21(23(26)27)29-24(3,4)5)14(2)25-22-20(19)16-10-11-28-12-17(16)30-22/h9-12,21H,5-8H2,1-4H3,(H,30,31);9-12,21-22H,5-8H2,1-4H3,(H,29,30);9-12,21H,5-8H2,1-4H3,(H,27,28);6-9,21H,10-12H2,1-5H3,(H,26,27). The number of rotatable bonds is 17. The topological polar surface area (TPSA) is 247 Å². The molecule has 12 aromatic rings. The number of hydrogen-bond acceptors (Lipinski definition) is 17. The molecule has 662 valence electrons. The van der Waals surface area contributed by atoms with Gasteiger partial charge in [-0.15, -0.1) is 45.3 Å². The number of aromatic nitrogens is 4. The van der Waals surface area contributed by atoms with E-state index in [1.807, 2.05) is 107 Å². The normalized spacial score (nSPS) is 15.3. The third kappa shape index (κ3) is 21.0. The van der Waals surface area contributed by atoms with Crippen LogP contribution in [-0.4, -0.2) is 93.3 Å². The highest BCUT2D eigenvalue weighted by Crippen LogP contribution is 2.52. The number of carbonyl (C=O) groups is 4. The second kappa shape index (κ2) is 37.4. The number of nitrogens with zero attached hydrogens (tertiary/aromatic N) is 4. The van der Waals surface area contributed by atoms with E-state index >= 15 is 0 Å². The Morgan fingerprint density at radius 1 is 0.384 bits per heavy atom. The van der Waals surface area contributed by atoms with Crippen molar-refractivity contribution in [1.82, 2.24) is 19.9 Å². The summed E-state index contributed by atoms with van der Waals surface area (Å²) in [4.78, 5) is 77.4. The van der Waals surface area contributed by atoms with Crippen LogP contribution in [-0.2, 0) is 101 Å². The van der Waals surface area contributed by atoms with Crippen LogP contribution in [0, 0.1) is 34.6 Å². The zero-order valence-electron chi connectivity index (χ0n) is 73.4. The van der Waals surface area contributed by atoms with Gasteiger partial charge in [0.25, 0.3) is 6.43 Å². The van der Waals surface area contributed by atoms with Crippen molar-refractivity contribution < 1.29 is 85.2 Å². The molecule has 0 saturated carbocycles. The average Bonchev–Trinajstić information content (AvgIpc) is 1.63. The molecule has 4 atom stereocenters. The first-order chi connectivity index (χ1) is 58.7. The lowest BCUT2D eigenvalue weighted by Gasteiger charge is -2.28. The molecule has 0 radical (unpaired) electrons. The number of aliphatic carboxylic acids is 4. The smallest absolute Gasteiger partial charge is 0.416 e. The van der Waals surface area contributed by atoms with Gasteiger partial charge in [0.15, 0.2) is 24.4 Å². The van der Waals surface area contributed by atoms with Gasteiger partial charge in [-0.3, -0.25) is 0 Å². The van der Waals surface area contributed by atoms with E-state index in [0.717, 1.165) is 179 Å². The number of halogens is 6. The maximum atomic E-state index is 13.2. The number of benzene rings is 4. The van der Waals surface area contributed by atoms with Crippen LogP contribution < -0.4 is 0 Å². The van der Waals surface area contributed by atoms with Crippen LogP contribution in [0.4, 0.5) is 22.0 Å². The minimum Gasteiger partial charge on any atom is -0.479 e. The Kier molecular flexibility index (Phi) is 28.1. The number of fused-ring (bicyclic) bond motifs is 12. The number of thiophene rings is 4. The summed E-state index contributed by atoms with van der Waals surface area (Å²) >= 11 is 10.2. The minimum absolute atomic E-state index is 0.0644. The first-order valence-corrected chi connectivity index (χ1v) is 46.2. The van der Waals surface area contributed by atoms with Crippen molar-refractivity contribution >= 4 is 126 Å². The Bertz CT molecular complexity index is 5890. The lowest BCUT2D eigenvalue weighted by atomic mass is 9.87. The van der Waals surface area contributed by atoms with Crippen LogP contribution in [0.5, 0.6) is 0 Å². The molecule has 0 bridgehead atoms. The molecule has 9 heterocycles. The molecule has 8 aromatic heterocycles. The summed E-state index contributed by atoms with van der Waals surface area (Å²) in [5, 5.41) is 44.4. The molecule has 3 aliphatic carbocycles. The highest BCUT2D eigenvalue weighted by Gasteiger charge is 2.41. The first-order valence-electron chi connectivity index (χ1n) is 42.1. The average molecular weight is 1850 g/mol. The van der Waals surface area contributed by atoms with E-state index in [1.54, 1.807) is 92.1 Å². The van der Waals surface area contributed by atoms with E-state index in [1.165, 1.54) is 66.9 Å². The van der Waals surface area contributed by atoms with Crippen LogP contribution in [0.3, 0.4) is 0 Å². The lowest BCUT2D eigenvalue weighted by Crippen LogP contribution is -2.28. The summed E-state index contributed by atoms with van der Waals surface area (Å²) in [6, 6.07) is 27.4. The van der Waals surface area contributed by atoms with E-state index in [-0.39, 0.29) is 5.56 Å². The van der Waals surface area contributed by atoms with Gasteiger partial charge in [0, 0.05) is 118 Å². The molecule has 4 aromatic carbocycles. The molecule has 1 aliphatic heterocycles. The summed E-state index contributed by atoms with van der Waals surface area (Å²) in [7, 11) is 0.